The summed E-state index contributed by atoms with van der Waals surface area (Å²) in [5, 5.41) is 11.4. The van der Waals surface area contributed by atoms with Crippen molar-refractivity contribution in [3.8, 4) is 0 Å². The van der Waals surface area contributed by atoms with Crippen molar-refractivity contribution in [1.29, 1.82) is 0 Å². The minimum atomic E-state index is -1.08. The van der Waals surface area contributed by atoms with Crippen LogP contribution in [0.1, 0.15) is 27.7 Å². The third-order valence-electron chi connectivity index (χ3n) is 4.01. The Morgan fingerprint density at radius 3 is 2.00 bits per heavy atom. The number of halogens is 2. The Hall–Kier alpha value is -1.18. The smallest absolute Gasteiger partial charge is 0.399 e. The molecule has 21 heavy (non-hydrogen) atoms. The minimum absolute atomic E-state index is 0.123. The second-order valence-corrected chi connectivity index (χ2v) is 6.09. The molecule has 0 spiro atoms. The van der Waals surface area contributed by atoms with Gasteiger partial charge in [0.1, 0.15) is 11.6 Å². The van der Waals surface area contributed by atoms with E-state index in [1.54, 1.807) is 0 Å². The van der Waals surface area contributed by atoms with E-state index in [1.807, 2.05) is 27.7 Å². The zero-order valence-electron chi connectivity index (χ0n) is 12.7. The highest BCUT2D eigenvalue weighted by atomic mass is 19.1. The number of aliphatic hydroxyl groups is 1. The van der Waals surface area contributed by atoms with Crippen LogP contribution in [0.4, 0.5) is 14.5 Å². The van der Waals surface area contributed by atoms with Crippen molar-refractivity contribution in [2.75, 3.05) is 18.5 Å². The molecule has 2 N–H and O–H groups in total. The van der Waals surface area contributed by atoms with Crippen molar-refractivity contribution in [1.82, 2.24) is 0 Å². The highest BCUT2D eigenvalue weighted by molar-refractivity contribution is 6.62. The molecule has 1 aromatic carbocycles. The Morgan fingerprint density at radius 2 is 1.57 bits per heavy atom. The average Bonchev–Trinajstić information content (AvgIpc) is 2.54. The normalized spacial score (nSPS) is 19.9. The van der Waals surface area contributed by atoms with Gasteiger partial charge < -0.3 is 19.7 Å². The molecule has 0 saturated carbocycles. The number of hydrogen-bond acceptors (Lipinski definition) is 4. The fourth-order valence-electron chi connectivity index (χ4n) is 2.07. The van der Waals surface area contributed by atoms with E-state index in [-0.39, 0.29) is 24.3 Å². The van der Waals surface area contributed by atoms with Gasteiger partial charge in [0.15, 0.2) is 0 Å². The van der Waals surface area contributed by atoms with Gasteiger partial charge in [-0.1, -0.05) is 0 Å². The Kier molecular flexibility index (Phi) is 4.28. The van der Waals surface area contributed by atoms with E-state index in [0.29, 0.717) is 0 Å². The van der Waals surface area contributed by atoms with Gasteiger partial charge >= 0.3 is 7.12 Å². The van der Waals surface area contributed by atoms with Crippen molar-refractivity contribution in [2.45, 2.75) is 38.9 Å². The lowest BCUT2D eigenvalue weighted by molar-refractivity contribution is 0.00578. The molecular formula is C14H20BF2NO3. The van der Waals surface area contributed by atoms with Gasteiger partial charge in [-0.3, -0.25) is 0 Å². The van der Waals surface area contributed by atoms with Crippen LogP contribution >= 0.6 is 0 Å². The molecule has 0 aliphatic carbocycles. The molecule has 1 aliphatic heterocycles. The molecule has 0 aromatic heterocycles. The molecule has 0 unspecified atom stereocenters. The Balaban J connectivity index is 2.30. The molecule has 0 amide bonds. The van der Waals surface area contributed by atoms with E-state index in [4.69, 9.17) is 14.4 Å². The number of benzene rings is 1. The molecule has 1 saturated heterocycles. The Morgan fingerprint density at radius 1 is 1.10 bits per heavy atom. The lowest BCUT2D eigenvalue weighted by Gasteiger charge is -2.32. The van der Waals surface area contributed by atoms with Gasteiger partial charge in [0.25, 0.3) is 0 Å². The topological polar surface area (TPSA) is 50.7 Å². The first-order valence-corrected chi connectivity index (χ1v) is 6.87. The van der Waals surface area contributed by atoms with Gasteiger partial charge in [-0.05, 0) is 39.8 Å². The monoisotopic (exact) mass is 299 g/mol. The van der Waals surface area contributed by atoms with Gasteiger partial charge in [0.2, 0.25) is 0 Å². The second kappa shape index (κ2) is 5.55. The molecule has 116 valence electrons. The fraction of sp³-hybridized carbons (Fsp3) is 0.571. The first kappa shape index (κ1) is 16.2. The summed E-state index contributed by atoms with van der Waals surface area (Å²) in [6, 6.07) is 2.33. The second-order valence-electron chi connectivity index (χ2n) is 6.09. The number of hydrogen-bond donors (Lipinski definition) is 2. The highest BCUT2D eigenvalue weighted by Gasteiger charge is 2.53. The molecule has 4 nitrogen and oxygen atoms in total. The lowest BCUT2D eigenvalue weighted by atomic mass is 9.78. The predicted octanol–water partition coefficient (Wildman–Crippen LogP) is 1.67. The quantitative estimate of drug-likeness (QED) is 0.830. The van der Waals surface area contributed by atoms with Gasteiger partial charge in [-0.25, -0.2) is 8.78 Å². The zero-order chi connectivity index (χ0) is 15.8. The minimum Gasteiger partial charge on any atom is -0.399 e. The Labute approximate surface area is 123 Å². The van der Waals surface area contributed by atoms with Crippen molar-refractivity contribution in [3.05, 3.63) is 23.8 Å². The predicted molar refractivity (Wildman–Crippen MR) is 77.6 cm³/mol. The summed E-state index contributed by atoms with van der Waals surface area (Å²) >= 11 is 0. The summed E-state index contributed by atoms with van der Waals surface area (Å²) in [5.74, 6) is -1.48. The maximum absolute atomic E-state index is 14.2. The summed E-state index contributed by atoms with van der Waals surface area (Å²) in [7, 11) is -1.08. The molecule has 2 rings (SSSR count). The van der Waals surface area contributed by atoms with E-state index in [1.165, 1.54) is 12.1 Å². The van der Waals surface area contributed by atoms with Crippen molar-refractivity contribution < 1.29 is 23.2 Å². The van der Waals surface area contributed by atoms with E-state index < -0.39 is 30.0 Å². The molecule has 1 aromatic rings. The van der Waals surface area contributed by atoms with Gasteiger partial charge in [-0.15, -0.1) is 0 Å². The van der Waals surface area contributed by atoms with Gasteiger partial charge in [0, 0.05) is 12.2 Å². The maximum atomic E-state index is 14.2. The highest BCUT2D eigenvalue weighted by Crippen LogP contribution is 2.37. The van der Waals surface area contributed by atoms with Crippen LogP contribution in [0.15, 0.2) is 12.1 Å². The molecule has 0 bridgehead atoms. The largest absolute Gasteiger partial charge is 0.500 e. The van der Waals surface area contributed by atoms with Crippen LogP contribution in [-0.4, -0.2) is 36.6 Å². The van der Waals surface area contributed by atoms with Crippen molar-refractivity contribution in [3.63, 3.8) is 0 Å². The molecule has 1 aliphatic rings. The summed E-state index contributed by atoms with van der Waals surface area (Å²) in [4.78, 5) is 0. The Bertz CT molecular complexity index is 498. The number of aliphatic hydroxyl groups excluding tert-OH is 1. The molecule has 1 heterocycles. The van der Waals surface area contributed by atoms with Gasteiger partial charge in [0.05, 0.1) is 23.3 Å². The fourth-order valence-corrected chi connectivity index (χ4v) is 2.07. The van der Waals surface area contributed by atoms with E-state index >= 15 is 0 Å². The number of nitrogens with one attached hydrogen (secondary N) is 1. The summed E-state index contributed by atoms with van der Waals surface area (Å²) < 4.78 is 39.7. The zero-order valence-corrected chi connectivity index (χ0v) is 12.7. The first-order chi connectivity index (χ1) is 9.68. The summed E-state index contributed by atoms with van der Waals surface area (Å²) in [5.41, 5.74) is -1.29. The first-order valence-electron chi connectivity index (χ1n) is 6.87. The van der Waals surface area contributed by atoms with Crippen molar-refractivity contribution >= 4 is 18.3 Å². The number of rotatable bonds is 4. The van der Waals surface area contributed by atoms with E-state index in [2.05, 4.69) is 5.32 Å². The molecule has 0 atom stereocenters. The van der Waals surface area contributed by atoms with E-state index in [0.717, 1.165) is 0 Å². The average molecular weight is 299 g/mol. The maximum Gasteiger partial charge on any atom is 0.500 e. The third-order valence-corrected chi connectivity index (χ3v) is 4.01. The molecule has 1 fully saturated rings. The molecular weight excluding hydrogens is 279 g/mol. The summed E-state index contributed by atoms with van der Waals surface area (Å²) in [6.07, 6.45) is 0. The summed E-state index contributed by atoms with van der Waals surface area (Å²) in [6.45, 7) is 7.37. The van der Waals surface area contributed by atoms with Crippen LogP contribution in [0.3, 0.4) is 0 Å². The van der Waals surface area contributed by atoms with Crippen LogP contribution in [0.2, 0.25) is 0 Å². The van der Waals surface area contributed by atoms with Gasteiger partial charge in [-0.2, -0.15) is 0 Å². The van der Waals surface area contributed by atoms with Crippen LogP contribution < -0.4 is 10.8 Å². The standard InChI is InChI=1S/C14H20BF2NO3/c1-13(2)14(3,4)21-15(20-13)12-10(16)7-9(8-11(12)17)18-5-6-19/h7-8,18-19H,5-6H2,1-4H3. The van der Waals surface area contributed by atoms with Crippen LogP contribution in [0, 0.1) is 11.6 Å². The number of anilines is 1. The van der Waals surface area contributed by atoms with E-state index in [9.17, 15) is 8.78 Å². The SMILES string of the molecule is CC1(C)OB(c2c(F)cc(NCCO)cc2F)OC1(C)C. The third kappa shape index (κ3) is 3.05. The van der Waals surface area contributed by atoms with Crippen LogP contribution in [-0.2, 0) is 9.31 Å². The van der Waals surface area contributed by atoms with Crippen LogP contribution in [0.25, 0.3) is 0 Å². The lowest BCUT2D eigenvalue weighted by Crippen LogP contribution is -2.41. The molecule has 0 radical (unpaired) electrons. The van der Waals surface area contributed by atoms with Crippen molar-refractivity contribution in [2.24, 2.45) is 0 Å². The van der Waals surface area contributed by atoms with Crippen LogP contribution in [0.5, 0.6) is 0 Å². The molecule has 7 heteroatoms.